The van der Waals surface area contributed by atoms with Gasteiger partial charge < -0.3 is 10.5 Å². The van der Waals surface area contributed by atoms with Crippen LogP contribution in [0.2, 0.25) is 0 Å². The number of methoxy groups -OCH3 is 1. The first-order valence-electron chi connectivity index (χ1n) is 5.86. The molecule has 0 amide bonds. The summed E-state index contributed by atoms with van der Waals surface area (Å²) in [5, 5.41) is 17.6. The average Bonchev–Trinajstić information content (AvgIpc) is 3.08. The molecule has 1 aromatic carbocycles. The summed E-state index contributed by atoms with van der Waals surface area (Å²) in [4.78, 5) is 0. The Morgan fingerprint density at radius 2 is 2.05 bits per heavy atom. The van der Waals surface area contributed by atoms with Crippen LogP contribution in [0.25, 0.3) is 16.4 Å². The second-order valence-corrected chi connectivity index (χ2v) is 5.10. The Balaban J connectivity index is 1.98. The zero-order valence-electron chi connectivity index (χ0n) is 10.7. The third-order valence-corrected chi connectivity index (χ3v) is 3.53. The van der Waals surface area contributed by atoms with E-state index in [2.05, 4.69) is 20.5 Å². The fraction of sp³-hybridized carbons (Fsp3) is 0.167. The van der Waals surface area contributed by atoms with Gasteiger partial charge in [0.05, 0.1) is 11.9 Å². The number of rotatable bonds is 4. The van der Waals surface area contributed by atoms with E-state index in [4.69, 9.17) is 10.5 Å². The van der Waals surface area contributed by atoms with Gasteiger partial charge in [0.15, 0.2) is 0 Å². The molecule has 3 aromatic rings. The zero-order valence-corrected chi connectivity index (χ0v) is 11.5. The molecular formula is C12H12N6OS. The summed E-state index contributed by atoms with van der Waals surface area (Å²) in [7, 11) is 1.62. The number of hydrogen-bond donors (Lipinski definition) is 1. The lowest BCUT2D eigenvalue weighted by atomic mass is 10.1. The molecule has 0 aliphatic heterocycles. The maximum absolute atomic E-state index is 5.69. The third kappa shape index (κ3) is 2.38. The van der Waals surface area contributed by atoms with Crippen molar-refractivity contribution in [2.45, 2.75) is 6.61 Å². The van der Waals surface area contributed by atoms with Crippen molar-refractivity contribution in [3.05, 3.63) is 35.5 Å². The minimum Gasteiger partial charge on any atom is -0.399 e. The molecule has 0 radical (unpaired) electrons. The first-order chi connectivity index (χ1) is 9.78. The lowest BCUT2D eigenvalue weighted by Gasteiger charge is -2.02. The monoisotopic (exact) mass is 288 g/mol. The molecule has 0 spiro atoms. The Hall–Kier alpha value is -2.32. The Morgan fingerprint density at radius 1 is 1.25 bits per heavy atom. The predicted octanol–water partition coefficient (Wildman–Crippen LogP) is 1.51. The molecule has 0 saturated heterocycles. The summed E-state index contributed by atoms with van der Waals surface area (Å²) in [6, 6.07) is 7.51. The fourth-order valence-electron chi connectivity index (χ4n) is 1.74. The van der Waals surface area contributed by atoms with Crippen molar-refractivity contribution in [1.29, 1.82) is 0 Å². The number of benzene rings is 1. The van der Waals surface area contributed by atoms with Crippen molar-refractivity contribution in [3.8, 4) is 16.4 Å². The number of ether oxygens (including phenoxy) is 1. The highest BCUT2D eigenvalue weighted by Gasteiger charge is 2.13. The Labute approximate surface area is 119 Å². The molecule has 0 fully saturated rings. The average molecular weight is 288 g/mol. The third-order valence-electron chi connectivity index (χ3n) is 2.66. The van der Waals surface area contributed by atoms with Crippen molar-refractivity contribution in [1.82, 2.24) is 25.2 Å². The Kier molecular flexibility index (Phi) is 3.40. The van der Waals surface area contributed by atoms with Gasteiger partial charge in [-0.25, -0.2) is 0 Å². The Bertz CT molecular complexity index is 705. The fourth-order valence-corrected chi connectivity index (χ4v) is 2.51. The lowest BCUT2D eigenvalue weighted by molar-refractivity contribution is 0.184. The SMILES string of the molecule is COCc1nnc(-n2nncc2-c2ccc(N)cc2)s1. The van der Waals surface area contributed by atoms with Gasteiger partial charge in [0, 0.05) is 18.4 Å². The summed E-state index contributed by atoms with van der Waals surface area (Å²) in [6.45, 7) is 0.434. The number of hydrogen-bond acceptors (Lipinski definition) is 7. The van der Waals surface area contributed by atoms with Crippen molar-refractivity contribution in [2.75, 3.05) is 12.8 Å². The maximum Gasteiger partial charge on any atom is 0.234 e. The molecule has 0 aliphatic carbocycles. The van der Waals surface area contributed by atoms with Gasteiger partial charge in [-0.1, -0.05) is 28.7 Å². The summed E-state index contributed by atoms with van der Waals surface area (Å²) < 4.78 is 6.69. The summed E-state index contributed by atoms with van der Waals surface area (Å²) >= 11 is 1.42. The Morgan fingerprint density at radius 3 is 2.80 bits per heavy atom. The first kappa shape index (κ1) is 12.7. The lowest BCUT2D eigenvalue weighted by Crippen LogP contribution is -1.98. The van der Waals surface area contributed by atoms with Crippen LogP contribution in [0.4, 0.5) is 5.69 Å². The minimum absolute atomic E-state index is 0.434. The van der Waals surface area contributed by atoms with Gasteiger partial charge in [-0.05, 0) is 12.1 Å². The molecule has 0 unspecified atom stereocenters. The minimum atomic E-state index is 0.434. The van der Waals surface area contributed by atoms with Gasteiger partial charge >= 0.3 is 0 Å². The van der Waals surface area contributed by atoms with Crippen LogP contribution in [0.1, 0.15) is 5.01 Å². The molecule has 2 N–H and O–H groups in total. The van der Waals surface area contributed by atoms with Crippen molar-refractivity contribution >= 4 is 17.0 Å². The first-order valence-corrected chi connectivity index (χ1v) is 6.68. The highest BCUT2D eigenvalue weighted by atomic mass is 32.1. The topological polar surface area (TPSA) is 91.7 Å². The smallest absolute Gasteiger partial charge is 0.234 e. The summed E-state index contributed by atoms with van der Waals surface area (Å²) in [6.07, 6.45) is 1.68. The largest absolute Gasteiger partial charge is 0.399 e. The predicted molar refractivity (Wildman–Crippen MR) is 75.4 cm³/mol. The highest BCUT2D eigenvalue weighted by Crippen LogP contribution is 2.24. The second kappa shape index (κ2) is 5.35. The quantitative estimate of drug-likeness (QED) is 0.732. The summed E-state index contributed by atoms with van der Waals surface area (Å²) in [5.41, 5.74) is 8.21. The van der Waals surface area contributed by atoms with Gasteiger partial charge in [-0.2, -0.15) is 4.68 Å². The van der Waals surface area contributed by atoms with Gasteiger partial charge in [0.2, 0.25) is 5.13 Å². The molecule has 0 atom stereocenters. The molecule has 0 saturated carbocycles. The van der Waals surface area contributed by atoms with Crippen LogP contribution < -0.4 is 5.73 Å². The normalized spacial score (nSPS) is 10.8. The van der Waals surface area contributed by atoms with Gasteiger partial charge in [-0.3, -0.25) is 0 Å². The molecule has 2 heterocycles. The molecule has 2 aromatic heterocycles. The summed E-state index contributed by atoms with van der Waals surface area (Å²) in [5.74, 6) is 0. The second-order valence-electron chi connectivity index (χ2n) is 4.06. The van der Waals surface area contributed by atoms with Crippen molar-refractivity contribution < 1.29 is 4.74 Å². The van der Waals surface area contributed by atoms with Crippen LogP contribution in [-0.2, 0) is 11.3 Å². The van der Waals surface area contributed by atoms with E-state index in [1.807, 2.05) is 24.3 Å². The number of nitrogen functional groups attached to an aromatic ring is 1. The molecule has 102 valence electrons. The van der Waals surface area contributed by atoms with E-state index >= 15 is 0 Å². The van der Waals surface area contributed by atoms with Gasteiger partial charge in [-0.15, -0.1) is 15.3 Å². The van der Waals surface area contributed by atoms with Crippen LogP contribution >= 0.6 is 11.3 Å². The number of nitrogens with zero attached hydrogens (tertiary/aromatic N) is 5. The molecule has 7 nitrogen and oxygen atoms in total. The molecular weight excluding hydrogens is 276 g/mol. The van der Waals surface area contributed by atoms with E-state index in [0.29, 0.717) is 17.4 Å². The van der Waals surface area contributed by atoms with E-state index in [0.717, 1.165) is 16.3 Å². The molecule has 8 heteroatoms. The van der Waals surface area contributed by atoms with Crippen LogP contribution in [-0.4, -0.2) is 32.3 Å². The van der Waals surface area contributed by atoms with Crippen LogP contribution in [0.5, 0.6) is 0 Å². The van der Waals surface area contributed by atoms with Gasteiger partial charge in [0.25, 0.3) is 0 Å². The van der Waals surface area contributed by atoms with E-state index in [1.54, 1.807) is 18.0 Å². The van der Waals surface area contributed by atoms with Gasteiger partial charge in [0.1, 0.15) is 11.6 Å². The number of nitrogens with two attached hydrogens (primary N) is 1. The number of anilines is 1. The molecule has 0 aliphatic rings. The standard InChI is InChI=1S/C12H12N6OS/c1-19-7-11-15-16-12(20-11)18-10(6-14-17-18)8-2-4-9(13)5-3-8/h2-6H,7,13H2,1H3. The molecule has 3 rings (SSSR count). The van der Waals surface area contributed by atoms with E-state index in [1.165, 1.54) is 11.3 Å². The number of aromatic nitrogens is 5. The highest BCUT2D eigenvalue weighted by molar-refractivity contribution is 7.13. The van der Waals surface area contributed by atoms with Crippen molar-refractivity contribution in [2.24, 2.45) is 0 Å². The van der Waals surface area contributed by atoms with Crippen LogP contribution in [0.15, 0.2) is 30.5 Å². The zero-order chi connectivity index (χ0) is 13.9. The van der Waals surface area contributed by atoms with E-state index in [-0.39, 0.29) is 0 Å². The van der Waals surface area contributed by atoms with Crippen LogP contribution in [0, 0.1) is 0 Å². The van der Waals surface area contributed by atoms with Crippen LogP contribution in [0.3, 0.4) is 0 Å². The molecule has 20 heavy (non-hydrogen) atoms. The molecule has 0 bridgehead atoms. The van der Waals surface area contributed by atoms with Crippen molar-refractivity contribution in [3.63, 3.8) is 0 Å². The maximum atomic E-state index is 5.69. The van der Waals surface area contributed by atoms with E-state index < -0.39 is 0 Å². The van der Waals surface area contributed by atoms with E-state index in [9.17, 15) is 0 Å².